The van der Waals surface area contributed by atoms with Gasteiger partial charge in [0.2, 0.25) is 8.32 Å². The molecule has 2 aliphatic rings. The molecule has 7 atom stereocenters. The summed E-state index contributed by atoms with van der Waals surface area (Å²) in [6.45, 7) is 25.4. The summed E-state index contributed by atoms with van der Waals surface area (Å²) in [6, 6.07) is 21.6. The quantitative estimate of drug-likeness (QED) is 0.244. The van der Waals surface area contributed by atoms with Crippen LogP contribution in [-0.4, -0.2) is 76.2 Å². The van der Waals surface area contributed by atoms with E-state index in [1.165, 1.54) is 10.4 Å². The maximum atomic E-state index is 10.9. The molecule has 0 bridgehead atoms. The van der Waals surface area contributed by atoms with Gasteiger partial charge in [0.25, 0.3) is 8.32 Å². The summed E-state index contributed by atoms with van der Waals surface area (Å²) in [5.74, 6) is 0.213. The van der Waals surface area contributed by atoms with E-state index < -0.39 is 34.4 Å². The summed E-state index contributed by atoms with van der Waals surface area (Å²) in [7, 11) is -5.21. The molecule has 2 aliphatic heterocycles. The minimum atomic E-state index is -2.86. The molecule has 0 unspecified atom stereocenters. The van der Waals surface area contributed by atoms with Crippen molar-refractivity contribution in [3.05, 3.63) is 60.7 Å². The molecule has 2 N–H and O–H groups in total. The third-order valence-corrected chi connectivity index (χ3v) is 22.3. The van der Waals surface area contributed by atoms with E-state index in [2.05, 4.69) is 137 Å². The van der Waals surface area contributed by atoms with E-state index >= 15 is 0 Å². The standard InChI is InChI=1S/C39H64O6Si2/c1-27(2)46(28(3)4,29(5)6)45-37-24-34-35(23-30(7)22-33(41)36(25-40)43-34)44-39(37,11)26-42-47(38(8,9)10,31-18-14-12-15-19-31)32-20-16-13-17-21-32/h12-21,27-30,33-37,40-41H,22-26H2,1-11H3/t30-,33+,34+,35-,36-,37-,39+/m1/s1. The summed E-state index contributed by atoms with van der Waals surface area (Å²) in [4.78, 5) is 0. The van der Waals surface area contributed by atoms with Gasteiger partial charge in [-0.3, -0.25) is 0 Å². The lowest BCUT2D eigenvalue weighted by Crippen LogP contribution is -2.70. The number of hydrogen-bond acceptors (Lipinski definition) is 6. The van der Waals surface area contributed by atoms with Gasteiger partial charge < -0.3 is 28.5 Å². The molecular weight excluding hydrogens is 621 g/mol. The van der Waals surface area contributed by atoms with Crippen molar-refractivity contribution < 1.29 is 28.5 Å². The number of hydrogen-bond donors (Lipinski definition) is 2. The fraction of sp³-hybridized carbons (Fsp3) is 0.692. The average Bonchev–Trinajstić information content (AvgIpc) is 2.99. The summed E-state index contributed by atoms with van der Waals surface area (Å²) >= 11 is 0. The highest BCUT2D eigenvalue weighted by molar-refractivity contribution is 6.99. The van der Waals surface area contributed by atoms with Crippen LogP contribution in [0.2, 0.25) is 21.7 Å². The number of fused-ring (bicyclic) bond motifs is 1. The molecule has 6 nitrogen and oxygen atoms in total. The molecule has 4 rings (SSSR count). The largest absolute Gasteiger partial charge is 0.410 e. The fourth-order valence-corrected chi connectivity index (χ4v) is 19.3. The van der Waals surface area contributed by atoms with E-state index in [9.17, 15) is 10.2 Å². The van der Waals surface area contributed by atoms with Gasteiger partial charge in [0.1, 0.15) is 11.7 Å². The first-order chi connectivity index (χ1) is 22.0. The van der Waals surface area contributed by atoms with Gasteiger partial charge in [0.15, 0.2) is 0 Å². The third kappa shape index (κ3) is 7.70. The zero-order valence-corrected chi connectivity index (χ0v) is 33.0. The molecule has 47 heavy (non-hydrogen) atoms. The lowest BCUT2D eigenvalue weighted by molar-refractivity contribution is -0.260. The summed E-state index contributed by atoms with van der Waals surface area (Å²) < 4.78 is 29.1. The summed E-state index contributed by atoms with van der Waals surface area (Å²) in [5, 5.41) is 23.4. The Morgan fingerprint density at radius 1 is 0.830 bits per heavy atom. The minimum absolute atomic E-state index is 0.172. The Labute approximate surface area is 287 Å². The maximum Gasteiger partial charge on any atom is 0.261 e. The predicted octanol–water partition coefficient (Wildman–Crippen LogP) is 7.21. The van der Waals surface area contributed by atoms with Crippen LogP contribution in [0.5, 0.6) is 0 Å². The second kappa shape index (κ2) is 15.3. The predicted molar refractivity (Wildman–Crippen MR) is 198 cm³/mol. The van der Waals surface area contributed by atoms with Crippen molar-refractivity contribution in [3.8, 4) is 0 Å². The second-order valence-corrected chi connectivity index (χ2v) is 26.3. The van der Waals surface area contributed by atoms with Crippen molar-refractivity contribution in [3.63, 3.8) is 0 Å². The van der Waals surface area contributed by atoms with Crippen molar-refractivity contribution >= 4 is 27.0 Å². The van der Waals surface area contributed by atoms with E-state index in [-0.39, 0.29) is 35.9 Å². The van der Waals surface area contributed by atoms with Crippen LogP contribution in [0.1, 0.15) is 95.4 Å². The number of rotatable bonds is 11. The van der Waals surface area contributed by atoms with E-state index in [4.69, 9.17) is 18.3 Å². The Hall–Kier alpha value is -1.37. The average molecular weight is 685 g/mol. The van der Waals surface area contributed by atoms with Crippen LogP contribution in [0, 0.1) is 5.92 Å². The Bertz CT molecular complexity index is 1190. The first-order valence-electron chi connectivity index (χ1n) is 18.1. The molecule has 2 aromatic carbocycles. The maximum absolute atomic E-state index is 10.9. The van der Waals surface area contributed by atoms with Gasteiger partial charge in [-0.25, -0.2) is 0 Å². The van der Waals surface area contributed by atoms with Gasteiger partial charge in [0.05, 0.1) is 37.6 Å². The Morgan fingerprint density at radius 2 is 1.34 bits per heavy atom. The first-order valence-corrected chi connectivity index (χ1v) is 22.1. The van der Waals surface area contributed by atoms with Crippen LogP contribution >= 0.6 is 0 Å². The van der Waals surface area contributed by atoms with E-state index in [1.807, 2.05) is 0 Å². The lowest BCUT2D eigenvalue weighted by Gasteiger charge is -2.55. The summed E-state index contributed by atoms with van der Waals surface area (Å²) in [6.07, 6.45) is -0.179. The van der Waals surface area contributed by atoms with E-state index in [0.717, 1.165) is 6.42 Å². The van der Waals surface area contributed by atoms with E-state index in [0.29, 0.717) is 36.1 Å². The number of benzene rings is 2. The molecule has 2 fully saturated rings. The highest BCUT2D eigenvalue weighted by Crippen LogP contribution is 2.48. The Morgan fingerprint density at radius 3 is 1.79 bits per heavy atom. The molecule has 0 saturated carbocycles. The Kier molecular flexibility index (Phi) is 12.5. The van der Waals surface area contributed by atoms with Gasteiger partial charge >= 0.3 is 0 Å². The van der Waals surface area contributed by atoms with Crippen LogP contribution in [0.3, 0.4) is 0 Å². The Balaban J connectivity index is 1.84. The molecule has 0 radical (unpaired) electrons. The van der Waals surface area contributed by atoms with Crippen molar-refractivity contribution in [2.75, 3.05) is 13.2 Å². The van der Waals surface area contributed by atoms with Crippen molar-refractivity contribution in [2.45, 2.75) is 153 Å². The summed E-state index contributed by atoms with van der Waals surface area (Å²) in [5.41, 5.74) is 0.438. The fourth-order valence-electron chi connectivity index (χ4n) is 8.96. The van der Waals surface area contributed by atoms with E-state index in [1.54, 1.807) is 0 Å². The minimum Gasteiger partial charge on any atom is -0.410 e. The normalized spacial score (nSPS) is 29.5. The van der Waals surface area contributed by atoms with Gasteiger partial charge in [-0.2, -0.15) is 0 Å². The number of ether oxygens (including phenoxy) is 2. The van der Waals surface area contributed by atoms with Crippen LogP contribution in [0.15, 0.2) is 60.7 Å². The molecule has 0 spiro atoms. The first kappa shape index (κ1) is 38.4. The molecule has 0 aliphatic carbocycles. The van der Waals surface area contributed by atoms with Gasteiger partial charge in [0, 0.05) is 6.42 Å². The molecular formula is C39H64O6Si2. The zero-order chi connectivity index (χ0) is 34.8. The molecule has 0 amide bonds. The van der Waals surface area contributed by atoms with Gasteiger partial charge in [-0.15, -0.1) is 0 Å². The monoisotopic (exact) mass is 684 g/mol. The topological polar surface area (TPSA) is 77.4 Å². The molecule has 264 valence electrons. The van der Waals surface area contributed by atoms with Crippen LogP contribution in [0.25, 0.3) is 0 Å². The van der Waals surface area contributed by atoms with Crippen molar-refractivity contribution in [2.24, 2.45) is 5.92 Å². The smallest absolute Gasteiger partial charge is 0.261 e. The van der Waals surface area contributed by atoms with Crippen molar-refractivity contribution in [1.29, 1.82) is 0 Å². The van der Waals surface area contributed by atoms with Crippen LogP contribution in [-0.2, 0) is 18.3 Å². The van der Waals surface area contributed by atoms with Crippen LogP contribution in [0.4, 0.5) is 0 Å². The molecule has 8 heteroatoms. The highest BCUT2D eigenvalue weighted by Gasteiger charge is 2.57. The lowest BCUT2D eigenvalue weighted by atomic mass is 9.83. The SMILES string of the molecule is CC(C)[Si](O[C@@H]1C[C@@H]2O[C@H](CO)[C@@H](O)C[C@@H](C)C[C@H]2O[C@@]1(C)CO[Si](c1ccccc1)(c1ccccc1)C(C)(C)C)(C(C)C)C(C)C. The van der Waals surface area contributed by atoms with Gasteiger partial charge in [-0.05, 0) is 57.7 Å². The zero-order valence-electron chi connectivity index (χ0n) is 31.0. The highest BCUT2D eigenvalue weighted by atomic mass is 28.4. The number of aliphatic hydroxyl groups is 2. The second-order valence-electron chi connectivity index (χ2n) is 16.6. The third-order valence-electron chi connectivity index (χ3n) is 11.2. The molecule has 2 saturated heterocycles. The number of aliphatic hydroxyl groups excluding tert-OH is 2. The molecule has 2 aromatic rings. The van der Waals surface area contributed by atoms with Crippen LogP contribution < -0.4 is 10.4 Å². The molecule has 0 aromatic heterocycles. The van der Waals surface area contributed by atoms with Gasteiger partial charge in [-0.1, -0.05) is 130 Å². The van der Waals surface area contributed by atoms with Crippen molar-refractivity contribution in [1.82, 2.24) is 0 Å². The molecule has 2 heterocycles.